The van der Waals surface area contributed by atoms with Gasteiger partial charge >= 0.3 is 5.97 Å². The van der Waals surface area contributed by atoms with Gasteiger partial charge in [0, 0.05) is 28.4 Å². The molecule has 0 bridgehead atoms. The summed E-state index contributed by atoms with van der Waals surface area (Å²) in [5.41, 5.74) is 2.10. The molecule has 0 saturated heterocycles. The van der Waals surface area contributed by atoms with Gasteiger partial charge in [0.1, 0.15) is 5.82 Å². The molecule has 1 atom stereocenters. The summed E-state index contributed by atoms with van der Waals surface area (Å²) in [5, 5.41) is 22.4. The number of anilines is 1. The molecule has 0 amide bonds. The molecule has 30 heavy (non-hydrogen) atoms. The van der Waals surface area contributed by atoms with Gasteiger partial charge in [0.2, 0.25) is 0 Å². The van der Waals surface area contributed by atoms with Crippen molar-refractivity contribution in [2.75, 3.05) is 5.32 Å². The maximum atomic E-state index is 14.1. The topological polar surface area (TPSA) is 90.2 Å². The van der Waals surface area contributed by atoms with Crippen molar-refractivity contribution in [3.8, 4) is 6.07 Å². The van der Waals surface area contributed by atoms with Crippen molar-refractivity contribution in [2.45, 2.75) is 32.2 Å². The van der Waals surface area contributed by atoms with Crippen molar-refractivity contribution in [1.82, 2.24) is 0 Å². The number of aryl methyl sites for hydroxylation is 1. The number of hydrogen-bond donors (Lipinski definition) is 2. The number of carbonyl (C=O) groups excluding carboxylic acids is 1. The van der Waals surface area contributed by atoms with Crippen LogP contribution in [0.2, 0.25) is 0 Å². The van der Waals surface area contributed by atoms with Gasteiger partial charge in [-0.1, -0.05) is 30.3 Å². The van der Waals surface area contributed by atoms with Gasteiger partial charge in [0.15, 0.2) is 5.78 Å². The zero-order valence-electron chi connectivity index (χ0n) is 16.5. The third-order valence-corrected chi connectivity index (χ3v) is 4.98. The average molecular weight is 404 g/mol. The van der Waals surface area contributed by atoms with Gasteiger partial charge in [0.05, 0.1) is 17.7 Å². The summed E-state index contributed by atoms with van der Waals surface area (Å²) in [6.07, 6.45) is 0.820. The van der Waals surface area contributed by atoms with E-state index in [2.05, 4.69) is 5.32 Å². The molecule has 1 unspecified atom stereocenters. The van der Waals surface area contributed by atoms with Crippen molar-refractivity contribution in [3.63, 3.8) is 0 Å². The van der Waals surface area contributed by atoms with Crippen molar-refractivity contribution in [1.29, 1.82) is 5.26 Å². The highest BCUT2D eigenvalue weighted by Gasteiger charge is 2.20. The number of Topliss-reactive ketones (excluding diaryl/α,β-unsaturated/α-hetero) is 1. The fourth-order valence-electron chi connectivity index (χ4n) is 3.44. The molecule has 2 N–H and O–H groups in total. The minimum Gasteiger partial charge on any atom is -0.481 e. The molecule has 0 spiro atoms. The standard InChI is InChI=1S/C24H21FN2O3/c1-15(27-22-12-11-21(25)18-6-2-3-7-19(18)22)24(30)20-13-16(14-26)9-10-17(20)5-4-8-23(28)29/h2-3,6-7,9-13,15,27H,4-5,8H2,1H3,(H,28,29). The highest BCUT2D eigenvalue weighted by molar-refractivity contribution is 6.04. The summed E-state index contributed by atoms with van der Waals surface area (Å²) >= 11 is 0. The molecule has 0 heterocycles. The summed E-state index contributed by atoms with van der Waals surface area (Å²) in [7, 11) is 0. The Morgan fingerprint density at radius 3 is 2.57 bits per heavy atom. The van der Waals surface area contributed by atoms with Crippen LogP contribution in [0, 0.1) is 17.1 Å². The Morgan fingerprint density at radius 1 is 1.13 bits per heavy atom. The summed E-state index contributed by atoms with van der Waals surface area (Å²) in [4.78, 5) is 24.0. The van der Waals surface area contributed by atoms with Crippen molar-refractivity contribution in [2.24, 2.45) is 0 Å². The summed E-state index contributed by atoms with van der Waals surface area (Å²) in [5.74, 6) is -1.45. The second kappa shape index (κ2) is 9.19. The first-order chi connectivity index (χ1) is 14.4. The monoisotopic (exact) mass is 404 g/mol. The molecule has 0 aliphatic rings. The lowest BCUT2D eigenvalue weighted by molar-refractivity contribution is -0.137. The van der Waals surface area contributed by atoms with Crippen LogP contribution < -0.4 is 5.32 Å². The van der Waals surface area contributed by atoms with E-state index in [0.29, 0.717) is 46.0 Å². The van der Waals surface area contributed by atoms with E-state index in [1.165, 1.54) is 6.07 Å². The van der Waals surface area contributed by atoms with E-state index in [-0.39, 0.29) is 18.0 Å². The Hall–Kier alpha value is -3.72. The number of nitrogens with zero attached hydrogens (tertiary/aromatic N) is 1. The van der Waals surface area contributed by atoms with E-state index >= 15 is 0 Å². The zero-order valence-corrected chi connectivity index (χ0v) is 16.5. The third-order valence-electron chi connectivity index (χ3n) is 4.98. The molecule has 0 aromatic heterocycles. The average Bonchev–Trinajstić information content (AvgIpc) is 2.75. The lowest BCUT2D eigenvalue weighted by Crippen LogP contribution is -2.27. The van der Waals surface area contributed by atoms with Crippen LogP contribution in [0.15, 0.2) is 54.6 Å². The first-order valence-electron chi connectivity index (χ1n) is 9.63. The third kappa shape index (κ3) is 4.64. The zero-order chi connectivity index (χ0) is 21.7. The summed E-state index contributed by atoms with van der Waals surface area (Å²) < 4.78 is 14.1. The SMILES string of the molecule is CC(Nc1ccc(F)c2ccccc12)C(=O)c1cc(C#N)ccc1CCCC(=O)O. The Balaban J connectivity index is 1.88. The van der Waals surface area contributed by atoms with Gasteiger partial charge < -0.3 is 10.4 Å². The molecule has 0 fully saturated rings. The van der Waals surface area contributed by atoms with Crippen molar-refractivity contribution >= 4 is 28.2 Å². The van der Waals surface area contributed by atoms with Gasteiger partial charge in [0.25, 0.3) is 0 Å². The van der Waals surface area contributed by atoms with E-state index in [4.69, 9.17) is 5.11 Å². The maximum Gasteiger partial charge on any atom is 0.303 e. The number of halogens is 1. The number of aliphatic carboxylic acids is 1. The maximum absolute atomic E-state index is 14.1. The Kier molecular flexibility index (Phi) is 6.43. The van der Waals surface area contributed by atoms with Crippen molar-refractivity contribution in [3.05, 3.63) is 77.1 Å². The van der Waals surface area contributed by atoms with Gasteiger partial charge in [-0.25, -0.2) is 4.39 Å². The van der Waals surface area contributed by atoms with Gasteiger partial charge in [-0.3, -0.25) is 9.59 Å². The molecule has 6 heteroatoms. The quantitative estimate of drug-likeness (QED) is 0.519. The van der Waals surface area contributed by atoms with Crippen LogP contribution in [0.25, 0.3) is 10.8 Å². The van der Waals surface area contributed by atoms with E-state index in [1.807, 2.05) is 6.07 Å². The lowest BCUT2D eigenvalue weighted by atomic mass is 9.94. The molecule has 3 rings (SSSR count). The fourth-order valence-corrected chi connectivity index (χ4v) is 3.44. The lowest BCUT2D eigenvalue weighted by Gasteiger charge is -2.18. The summed E-state index contributed by atoms with van der Waals surface area (Å²) in [6, 6.07) is 16.2. The van der Waals surface area contributed by atoms with Crippen LogP contribution in [0.5, 0.6) is 0 Å². The van der Waals surface area contributed by atoms with Crippen LogP contribution in [0.1, 0.15) is 41.3 Å². The largest absolute Gasteiger partial charge is 0.481 e. The molecular formula is C24H21FN2O3. The number of ketones is 1. The van der Waals surface area contributed by atoms with Crippen LogP contribution in [-0.2, 0) is 11.2 Å². The minimum atomic E-state index is -0.894. The van der Waals surface area contributed by atoms with Crippen LogP contribution >= 0.6 is 0 Å². The van der Waals surface area contributed by atoms with Gasteiger partial charge in [-0.15, -0.1) is 0 Å². The predicted octanol–water partition coefficient (Wildman–Crippen LogP) is 4.94. The van der Waals surface area contributed by atoms with E-state index in [1.54, 1.807) is 55.5 Å². The smallest absolute Gasteiger partial charge is 0.303 e. The summed E-state index contributed by atoms with van der Waals surface area (Å²) in [6.45, 7) is 1.71. The molecule has 0 aliphatic carbocycles. The Labute approximate surface area is 173 Å². The number of benzene rings is 3. The second-order valence-electron chi connectivity index (χ2n) is 7.10. The number of hydrogen-bond acceptors (Lipinski definition) is 4. The van der Waals surface area contributed by atoms with Gasteiger partial charge in [-0.2, -0.15) is 5.26 Å². The molecule has 152 valence electrons. The van der Waals surface area contributed by atoms with Crippen LogP contribution in [-0.4, -0.2) is 22.9 Å². The van der Waals surface area contributed by atoms with E-state index in [9.17, 15) is 19.2 Å². The molecule has 5 nitrogen and oxygen atoms in total. The molecule has 3 aromatic rings. The van der Waals surface area contributed by atoms with Crippen molar-refractivity contribution < 1.29 is 19.1 Å². The highest BCUT2D eigenvalue weighted by Crippen LogP contribution is 2.27. The number of carbonyl (C=O) groups is 2. The fraction of sp³-hybridized carbons (Fsp3) is 0.208. The van der Waals surface area contributed by atoms with Crippen LogP contribution in [0.4, 0.5) is 10.1 Å². The Morgan fingerprint density at radius 2 is 1.87 bits per heavy atom. The Bertz CT molecular complexity index is 1150. The number of nitrogens with one attached hydrogen (secondary N) is 1. The normalized spacial score (nSPS) is 11.6. The number of nitriles is 1. The number of carboxylic acids is 1. The molecular weight excluding hydrogens is 383 g/mol. The first-order valence-corrected chi connectivity index (χ1v) is 9.63. The molecule has 0 radical (unpaired) electrons. The first kappa shape index (κ1) is 21.0. The van der Waals surface area contributed by atoms with Gasteiger partial charge in [-0.05, 0) is 49.6 Å². The second-order valence-corrected chi connectivity index (χ2v) is 7.10. The molecule has 0 saturated carbocycles. The number of carboxylic acid groups (broad SMARTS) is 1. The number of fused-ring (bicyclic) bond motifs is 1. The minimum absolute atomic E-state index is 0.00298. The van der Waals surface area contributed by atoms with E-state index in [0.717, 1.165) is 0 Å². The van der Waals surface area contributed by atoms with E-state index < -0.39 is 12.0 Å². The highest BCUT2D eigenvalue weighted by atomic mass is 19.1. The predicted molar refractivity (Wildman–Crippen MR) is 113 cm³/mol. The number of rotatable bonds is 8. The molecule has 0 aliphatic heterocycles. The molecule has 3 aromatic carbocycles. The van der Waals surface area contributed by atoms with Crippen LogP contribution in [0.3, 0.4) is 0 Å².